The van der Waals surface area contributed by atoms with Crippen LogP contribution in [-0.2, 0) is 9.53 Å². The van der Waals surface area contributed by atoms with E-state index in [-0.39, 0.29) is 24.5 Å². The molecule has 0 saturated carbocycles. The second-order valence-corrected chi connectivity index (χ2v) is 5.18. The lowest BCUT2D eigenvalue weighted by molar-refractivity contribution is -0.124. The van der Waals surface area contributed by atoms with Crippen LogP contribution in [0.15, 0.2) is 24.3 Å². The number of carbonyl (C=O) groups excluding carboxylic acids is 1. The highest BCUT2D eigenvalue weighted by atomic mass is 19.1. The number of ether oxygens (including phenoxy) is 1. The van der Waals surface area contributed by atoms with Gasteiger partial charge in [0.1, 0.15) is 5.82 Å². The summed E-state index contributed by atoms with van der Waals surface area (Å²) in [6.45, 7) is 2.62. The van der Waals surface area contributed by atoms with E-state index in [2.05, 4.69) is 5.32 Å². The van der Waals surface area contributed by atoms with E-state index in [0.717, 1.165) is 19.4 Å². The number of hydrogen-bond donors (Lipinski definition) is 2. The Hall–Kier alpha value is -1.46. The van der Waals surface area contributed by atoms with Crippen molar-refractivity contribution in [1.82, 2.24) is 5.32 Å². The molecule has 1 heterocycles. The van der Waals surface area contributed by atoms with Crippen LogP contribution in [0.3, 0.4) is 0 Å². The molecule has 3 unspecified atom stereocenters. The molecule has 0 bridgehead atoms. The minimum Gasteiger partial charge on any atom is -0.388 e. The fraction of sp³-hybridized carbons (Fsp3) is 0.533. The molecule has 1 amide bonds. The lowest BCUT2D eigenvalue weighted by Crippen LogP contribution is -2.41. The molecule has 0 aliphatic carbocycles. The molecule has 110 valence electrons. The van der Waals surface area contributed by atoms with Crippen LogP contribution in [0.1, 0.15) is 37.9 Å². The fourth-order valence-corrected chi connectivity index (χ4v) is 2.41. The largest absolute Gasteiger partial charge is 0.388 e. The molecule has 2 N–H and O–H groups in total. The summed E-state index contributed by atoms with van der Waals surface area (Å²) in [5.74, 6) is -0.681. The third-order valence-electron chi connectivity index (χ3n) is 3.52. The van der Waals surface area contributed by atoms with Crippen molar-refractivity contribution in [2.24, 2.45) is 0 Å². The van der Waals surface area contributed by atoms with E-state index in [4.69, 9.17) is 4.74 Å². The van der Waals surface area contributed by atoms with Crippen LogP contribution < -0.4 is 5.32 Å². The van der Waals surface area contributed by atoms with Crippen LogP contribution in [0.2, 0.25) is 0 Å². The van der Waals surface area contributed by atoms with Gasteiger partial charge in [-0.2, -0.15) is 0 Å². The van der Waals surface area contributed by atoms with Gasteiger partial charge in [-0.3, -0.25) is 4.79 Å². The van der Waals surface area contributed by atoms with E-state index < -0.39 is 11.9 Å². The second kappa shape index (κ2) is 6.81. The van der Waals surface area contributed by atoms with Gasteiger partial charge in [-0.25, -0.2) is 4.39 Å². The number of halogens is 1. The van der Waals surface area contributed by atoms with Gasteiger partial charge in [0.25, 0.3) is 0 Å². The SMILES string of the molecule is CC(NC(=O)CC(O)c1cccc(F)c1)C1CCCO1. The van der Waals surface area contributed by atoms with Gasteiger partial charge in [0.15, 0.2) is 0 Å². The van der Waals surface area contributed by atoms with Gasteiger partial charge in [0, 0.05) is 6.61 Å². The Morgan fingerprint density at radius 1 is 1.60 bits per heavy atom. The average molecular weight is 281 g/mol. The molecule has 0 aromatic heterocycles. The number of benzene rings is 1. The number of carbonyl (C=O) groups is 1. The third kappa shape index (κ3) is 4.02. The normalized spacial score (nSPS) is 21.4. The zero-order chi connectivity index (χ0) is 14.5. The minimum absolute atomic E-state index is 0.0465. The summed E-state index contributed by atoms with van der Waals surface area (Å²) in [4.78, 5) is 11.9. The molecule has 1 saturated heterocycles. The molecule has 3 atom stereocenters. The van der Waals surface area contributed by atoms with Crippen LogP contribution >= 0.6 is 0 Å². The lowest BCUT2D eigenvalue weighted by atomic mass is 10.1. The molecule has 5 heteroatoms. The lowest BCUT2D eigenvalue weighted by Gasteiger charge is -2.21. The molecule has 20 heavy (non-hydrogen) atoms. The van der Waals surface area contributed by atoms with Gasteiger partial charge in [-0.05, 0) is 37.5 Å². The van der Waals surface area contributed by atoms with Crippen molar-refractivity contribution in [2.45, 2.75) is 44.4 Å². The van der Waals surface area contributed by atoms with Gasteiger partial charge >= 0.3 is 0 Å². The van der Waals surface area contributed by atoms with Crippen molar-refractivity contribution in [1.29, 1.82) is 0 Å². The van der Waals surface area contributed by atoms with Crippen molar-refractivity contribution in [2.75, 3.05) is 6.61 Å². The van der Waals surface area contributed by atoms with Gasteiger partial charge in [-0.1, -0.05) is 12.1 Å². The van der Waals surface area contributed by atoms with Gasteiger partial charge in [0.2, 0.25) is 5.91 Å². The smallest absolute Gasteiger partial charge is 0.223 e. The summed E-state index contributed by atoms with van der Waals surface area (Å²) in [5, 5.41) is 12.8. The van der Waals surface area contributed by atoms with Crippen molar-refractivity contribution in [3.63, 3.8) is 0 Å². The highest BCUT2D eigenvalue weighted by Gasteiger charge is 2.24. The third-order valence-corrected chi connectivity index (χ3v) is 3.52. The van der Waals surface area contributed by atoms with Crippen molar-refractivity contribution in [3.8, 4) is 0 Å². The Bertz CT molecular complexity index is 460. The predicted octanol–water partition coefficient (Wildman–Crippen LogP) is 1.93. The topological polar surface area (TPSA) is 58.6 Å². The number of aliphatic hydroxyl groups is 1. The van der Waals surface area contributed by atoms with E-state index >= 15 is 0 Å². The summed E-state index contributed by atoms with van der Waals surface area (Å²) in [5.41, 5.74) is 0.407. The molecule has 1 aliphatic rings. The van der Waals surface area contributed by atoms with Crippen LogP contribution in [0.4, 0.5) is 4.39 Å². The summed E-state index contributed by atoms with van der Waals surface area (Å²) in [6, 6.07) is 5.58. The maximum absolute atomic E-state index is 13.1. The maximum atomic E-state index is 13.1. The first-order chi connectivity index (χ1) is 9.56. The summed E-state index contributed by atoms with van der Waals surface area (Å²) in [7, 11) is 0. The van der Waals surface area contributed by atoms with Crippen molar-refractivity contribution >= 4 is 5.91 Å². The Kier molecular flexibility index (Phi) is 5.09. The first-order valence-corrected chi connectivity index (χ1v) is 6.91. The number of aliphatic hydroxyl groups excluding tert-OH is 1. The molecule has 2 rings (SSSR count). The average Bonchev–Trinajstić information content (AvgIpc) is 2.92. The highest BCUT2D eigenvalue weighted by Crippen LogP contribution is 2.19. The summed E-state index contributed by atoms with van der Waals surface area (Å²) < 4.78 is 18.5. The van der Waals surface area contributed by atoms with Crippen LogP contribution in [0.25, 0.3) is 0 Å². The number of hydrogen-bond acceptors (Lipinski definition) is 3. The number of amides is 1. The van der Waals surface area contributed by atoms with Crippen molar-refractivity contribution < 1.29 is 19.0 Å². The van der Waals surface area contributed by atoms with E-state index in [1.807, 2.05) is 6.92 Å². The first-order valence-electron chi connectivity index (χ1n) is 6.91. The number of rotatable bonds is 5. The van der Waals surface area contributed by atoms with Crippen LogP contribution in [-0.4, -0.2) is 29.8 Å². The van der Waals surface area contributed by atoms with E-state index in [9.17, 15) is 14.3 Å². The monoisotopic (exact) mass is 281 g/mol. The minimum atomic E-state index is -0.998. The second-order valence-electron chi connectivity index (χ2n) is 5.18. The zero-order valence-electron chi connectivity index (χ0n) is 11.5. The van der Waals surface area contributed by atoms with Gasteiger partial charge in [-0.15, -0.1) is 0 Å². The zero-order valence-corrected chi connectivity index (χ0v) is 11.5. The van der Waals surface area contributed by atoms with Crippen molar-refractivity contribution in [3.05, 3.63) is 35.6 Å². The quantitative estimate of drug-likeness (QED) is 0.867. The molecule has 1 aromatic carbocycles. The molecule has 0 spiro atoms. The molecular formula is C15H20FNO3. The Balaban J connectivity index is 1.84. The molecular weight excluding hydrogens is 261 g/mol. The Morgan fingerprint density at radius 2 is 2.40 bits per heavy atom. The number of nitrogens with one attached hydrogen (secondary N) is 1. The maximum Gasteiger partial charge on any atom is 0.223 e. The summed E-state index contributed by atoms with van der Waals surface area (Å²) in [6.07, 6.45) is 0.915. The molecule has 1 aromatic rings. The van der Waals surface area contributed by atoms with E-state index in [1.54, 1.807) is 6.07 Å². The standard InChI is InChI=1S/C15H20FNO3/c1-10(14-6-3-7-20-14)17-15(19)9-13(18)11-4-2-5-12(16)8-11/h2,4-5,8,10,13-14,18H,3,6-7,9H2,1H3,(H,17,19). The Morgan fingerprint density at radius 3 is 3.05 bits per heavy atom. The van der Waals surface area contributed by atoms with Gasteiger partial charge in [0.05, 0.1) is 24.7 Å². The first kappa shape index (κ1) is 14.9. The molecule has 1 fully saturated rings. The van der Waals surface area contributed by atoms with Gasteiger partial charge < -0.3 is 15.2 Å². The molecule has 1 aliphatic heterocycles. The molecule has 4 nitrogen and oxygen atoms in total. The summed E-state index contributed by atoms with van der Waals surface area (Å²) >= 11 is 0. The van der Waals surface area contributed by atoms with Crippen LogP contribution in [0, 0.1) is 5.82 Å². The van der Waals surface area contributed by atoms with E-state index in [1.165, 1.54) is 18.2 Å². The van der Waals surface area contributed by atoms with Crippen LogP contribution in [0.5, 0.6) is 0 Å². The van der Waals surface area contributed by atoms with E-state index in [0.29, 0.717) is 5.56 Å². The highest BCUT2D eigenvalue weighted by molar-refractivity contribution is 5.77. The fourth-order valence-electron chi connectivity index (χ4n) is 2.41. The Labute approximate surface area is 117 Å². The molecule has 0 radical (unpaired) electrons. The predicted molar refractivity (Wildman–Crippen MR) is 72.6 cm³/mol.